The van der Waals surface area contributed by atoms with Crippen LogP contribution in [0.5, 0.6) is 11.5 Å². The van der Waals surface area contributed by atoms with E-state index in [-0.39, 0.29) is 13.2 Å². The molecule has 0 heterocycles. The molecule has 2 aromatic rings. The van der Waals surface area contributed by atoms with Crippen LogP contribution in [0.3, 0.4) is 0 Å². The summed E-state index contributed by atoms with van der Waals surface area (Å²) in [6, 6.07) is 11.5. The Morgan fingerprint density at radius 1 is 0.760 bits per heavy atom. The lowest BCUT2D eigenvalue weighted by molar-refractivity contribution is 0.239. The first-order valence-electron chi connectivity index (χ1n) is 8.03. The van der Waals surface area contributed by atoms with Crippen LogP contribution < -0.4 is 9.47 Å². The number of aliphatic hydroxyl groups is 2. The van der Waals surface area contributed by atoms with Gasteiger partial charge in [0.25, 0.3) is 0 Å². The largest absolute Gasteiger partial charge is 0.492 e. The summed E-state index contributed by atoms with van der Waals surface area (Å²) in [5, 5.41) is 18.5. The average molecular weight is 381 g/mol. The first-order chi connectivity index (χ1) is 12.2. The molecule has 0 spiro atoms. The molecule has 0 aliphatic rings. The van der Waals surface area contributed by atoms with Crippen LogP contribution in [0.15, 0.2) is 46.2 Å². The van der Waals surface area contributed by atoms with Crippen molar-refractivity contribution in [3.05, 3.63) is 47.5 Å². The lowest BCUT2D eigenvalue weighted by Crippen LogP contribution is -2.06. The Morgan fingerprint density at radius 3 is 1.56 bits per heavy atom. The second-order valence-electron chi connectivity index (χ2n) is 5.34. The Kier molecular flexibility index (Phi) is 8.48. The van der Waals surface area contributed by atoms with Crippen molar-refractivity contribution in [2.45, 2.75) is 29.4 Å². The summed E-state index contributed by atoms with van der Waals surface area (Å²) in [5.74, 6) is 1.59. The van der Waals surface area contributed by atoms with Gasteiger partial charge in [0, 0.05) is 16.2 Å². The molecule has 0 unspecified atom stereocenters. The first-order valence-corrected chi connectivity index (χ1v) is 10.5. The van der Waals surface area contributed by atoms with Gasteiger partial charge in [-0.25, -0.2) is 0 Å². The van der Waals surface area contributed by atoms with Crippen LogP contribution in [-0.4, -0.2) is 35.9 Å². The topological polar surface area (TPSA) is 58.9 Å². The molecule has 2 N–H and O–H groups in total. The zero-order chi connectivity index (χ0) is 18.1. The molecule has 2 rings (SSSR count). The minimum absolute atomic E-state index is 0.00674. The zero-order valence-corrected chi connectivity index (χ0v) is 16.2. The van der Waals surface area contributed by atoms with E-state index in [9.17, 15) is 10.2 Å². The fourth-order valence-corrected chi connectivity index (χ4v) is 3.33. The Balaban J connectivity index is 1.86. The van der Waals surface area contributed by atoms with Crippen LogP contribution >= 0.6 is 23.5 Å². The monoisotopic (exact) mass is 380 g/mol. The Bertz CT molecular complexity index is 619. The summed E-state index contributed by atoms with van der Waals surface area (Å²) >= 11 is 3.24. The molecule has 6 heteroatoms. The van der Waals surface area contributed by atoms with Gasteiger partial charge in [-0.1, -0.05) is 12.1 Å². The molecule has 0 fully saturated rings. The van der Waals surface area contributed by atoms with Crippen LogP contribution in [0.25, 0.3) is 0 Å². The molecule has 0 atom stereocenters. The van der Waals surface area contributed by atoms with Crippen molar-refractivity contribution in [1.29, 1.82) is 0 Å². The van der Waals surface area contributed by atoms with Gasteiger partial charge in [-0.2, -0.15) is 0 Å². The van der Waals surface area contributed by atoms with Gasteiger partial charge in [-0.15, -0.1) is 23.5 Å². The van der Waals surface area contributed by atoms with Crippen LogP contribution in [-0.2, 0) is 13.2 Å². The van der Waals surface area contributed by atoms with E-state index in [1.165, 1.54) is 0 Å². The van der Waals surface area contributed by atoms with Gasteiger partial charge in [0.15, 0.2) is 0 Å². The molecule has 2 aromatic carbocycles. The van der Waals surface area contributed by atoms with E-state index in [1.54, 1.807) is 23.5 Å². The van der Waals surface area contributed by atoms with E-state index in [0.717, 1.165) is 38.8 Å². The second kappa shape index (κ2) is 10.6. The standard InChI is InChI=1S/C19H24O4S2/c1-24-18-6-4-14(12-20)10-16(18)22-8-3-9-23-17-11-15(13-21)5-7-19(17)25-2/h4-7,10-11,20-21H,3,8-9,12-13H2,1-2H3. The maximum absolute atomic E-state index is 9.25. The summed E-state index contributed by atoms with van der Waals surface area (Å²) in [7, 11) is 0. The molecule has 0 aliphatic heterocycles. The van der Waals surface area contributed by atoms with Crippen LogP contribution in [0, 0.1) is 0 Å². The number of thioether (sulfide) groups is 2. The van der Waals surface area contributed by atoms with Crippen molar-refractivity contribution in [1.82, 2.24) is 0 Å². The smallest absolute Gasteiger partial charge is 0.133 e. The minimum atomic E-state index is 0.00674. The quantitative estimate of drug-likeness (QED) is 0.481. The molecule has 4 nitrogen and oxygen atoms in total. The second-order valence-corrected chi connectivity index (χ2v) is 7.03. The highest BCUT2D eigenvalue weighted by molar-refractivity contribution is 7.99. The molecular weight excluding hydrogens is 356 g/mol. The van der Waals surface area contributed by atoms with Gasteiger partial charge < -0.3 is 19.7 Å². The maximum Gasteiger partial charge on any atom is 0.133 e. The number of benzene rings is 2. The predicted molar refractivity (Wildman–Crippen MR) is 104 cm³/mol. The van der Waals surface area contributed by atoms with Crippen LogP contribution in [0.2, 0.25) is 0 Å². The third-order valence-electron chi connectivity index (χ3n) is 3.63. The van der Waals surface area contributed by atoms with Crippen molar-refractivity contribution >= 4 is 23.5 Å². The molecule has 0 aliphatic carbocycles. The summed E-state index contributed by atoms with van der Waals surface area (Å²) in [6.07, 6.45) is 4.75. The van der Waals surface area contributed by atoms with Crippen molar-refractivity contribution in [2.75, 3.05) is 25.7 Å². The fourth-order valence-electron chi connectivity index (χ4n) is 2.29. The van der Waals surface area contributed by atoms with E-state index < -0.39 is 0 Å². The van der Waals surface area contributed by atoms with E-state index in [0.29, 0.717) is 13.2 Å². The third-order valence-corrected chi connectivity index (χ3v) is 5.18. The van der Waals surface area contributed by atoms with Gasteiger partial charge in [-0.3, -0.25) is 0 Å². The Morgan fingerprint density at radius 2 is 1.20 bits per heavy atom. The molecule has 0 amide bonds. The summed E-state index contributed by atoms with van der Waals surface area (Å²) < 4.78 is 11.7. The summed E-state index contributed by atoms with van der Waals surface area (Å²) in [5.41, 5.74) is 1.68. The van der Waals surface area contributed by atoms with Gasteiger partial charge in [0.1, 0.15) is 11.5 Å². The van der Waals surface area contributed by atoms with Crippen molar-refractivity contribution in [3.63, 3.8) is 0 Å². The van der Waals surface area contributed by atoms with E-state index in [1.807, 2.05) is 48.9 Å². The Hall–Kier alpha value is -1.34. The summed E-state index contributed by atoms with van der Waals surface area (Å²) in [6.45, 7) is 1.09. The van der Waals surface area contributed by atoms with Gasteiger partial charge in [0.05, 0.1) is 26.4 Å². The SMILES string of the molecule is CSc1ccc(CO)cc1OCCCOc1cc(CO)ccc1SC. The Labute approximate surface area is 157 Å². The zero-order valence-electron chi connectivity index (χ0n) is 14.5. The molecule has 0 bridgehead atoms. The molecule has 25 heavy (non-hydrogen) atoms. The number of aliphatic hydroxyl groups excluding tert-OH is 2. The number of hydrogen-bond donors (Lipinski definition) is 2. The normalized spacial score (nSPS) is 10.7. The molecule has 0 radical (unpaired) electrons. The lowest BCUT2D eigenvalue weighted by Gasteiger charge is -2.13. The van der Waals surface area contributed by atoms with E-state index in [4.69, 9.17) is 9.47 Å². The van der Waals surface area contributed by atoms with Crippen LogP contribution in [0.4, 0.5) is 0 Å². The molecule has 0 aromatic heterocycles. The molecule has 0 saturated heterocycles. The summed E-state index contributed by atoms with van der Waals surface area (Å²) in [4.78, 5) is 2.11. The fraction of sp³-hybridized carbons (Fsp3) is 0.368. The number of rotatable bonds is 10. The maximum atomic E-state index is 9.25. The lowest BCUT2D eigenvalue weighted by atomic mass is 10.2. The average Bonchev–Trinajstić information content (AvgIpc) is 2.67. The predicted octanol–water partition coefficient (Wildman–Crippen LogP) is 3.96. The number of hydrogen-bond acceptors (Lipinski definition) is 6. The van der Waals surface area contributed by atoms with Crippen molar-refractivity contribution in [2.24, 2.45) is 0 Å². The highest BCUT2D eigenvalue weighted by Crippen LogP contribution is 2.30. The number of ether oxygens (including phenoxy) is 2. The highest BCUT2D eigenvalue weighted by Gasteiger charge is 2.06. The van der Waals surface area contributed by atoms with Crippen LogP contribution in [0.1, 0.15) is 17.5 Å². The minimum Gasteiger partial charge on any atom is -0.492 e. The van der Waals surface area contributed by atoms with Crippen molar-refractivity contribution < 1.29 is 19.7 Å². The third kappa shape index (κ3) is 5.85. The first kappa shape index (κ1) is 20.0. The van der Waals surface area contributed by atoms with Gasteiger partial charge >= 0.3 is 0 Å². The molecular formula is C19H24O4S2. The van der Waals surface area contributed by atoms with Gasteiger partial charge in [-0.05, 0) is 47.9 Å². The molecule has 0 saturated carbocycles. The van der Waals surface area contributed by atoms with E-state index >= 15 is 0 Å². The highest BCUT2D eigenvalue weighted by atomic mass is 32.2. The van der Waals surface area contributed by atoms with E-state index in [2.05, 4.69) is 0 Å². The molecule has 136 valence electrons. The van der Waals surface area contributed by atoms with Crippen molar-refractivity contribution in [3.8, 4) is 11.5 Å². The van der Waals surface area contributed by atoms with Gasteiger partial charge in [0.2, 0.25) is 0 Å².